The quantitative estimate of drug-likeness (QED) is 0.851. The van der Waals surface area contributed by atoms with Crippen molar-refractivity contribution in [2.75, 3.05) is 13.1 Å². The fourth-order valence-electron chi connectivity index (χ4n) is 2.83. The molecule has 0 saturated carbocycles. The highest BCUT2D eigenvalue weighted by atomic mass is 32.1. The molecular formula is C17H17F2N3O2S. The van der Waals surface area contributed by atoms with Gasteiger partial charge in [-0.25, -0.2) is 13.8 Å². The van der Waals surface area contributed by atoms with E-state index in [1.165, 1.54) is 16.2 Å². The number of hydrogen-bond donors (Lipinski definition) is 1. The minimum atomic E-state index is -3.06. The van der Waals surface area contributed by atoms with Gasteiger partial charge in [0.1, 0.15) is 6.04 Å². The number of halogens is 2. The molecule has 1 N–H and O–H groups in total. The number of benzene rings is 1. The molecular weight excluding hydrogens is 348 g/mol. The lowest BCUT2D eigenvalue weighted by Gasteiger charge is -2.38. The van der Waals surface area contributed by atoms with Gasteiger partial charge in [-0.2, -0.15) is 0 Å². The minimum Gasteiger partial charge on any atom is -0.342 e. The summed E-state index contributed by atoms with van der Waals surface area (Å²) in [6.07, 6.45) is 0.439. The van der Waals surface area contributed by atoms with E-state index in [1.54, 1.807) is 12.1 Å². The molecule has 1 fully saturated rings. The first-order chi connectivity index (χ1) is 11.8. The Hall–Kier alpha value is -2.35. The average Bonchev–Trinajstić information content (AvgIpc) is 2.94. The molecule has 5 nitrogen and oxygen atoms in total. The van der Waals surface area contributed by atoms with Gasteiger partial charge in [-0.1, -0.05) is 6.58 Å². The van der Waals surface area contributed by atoms with Crippen molar-refractivity contribution in [3.63, 3.8) is 0 Å². The van der Waals surface area contributed by atoms with E-state index in [0.29, 0.717) is 11.1 Å². The van der Waals surface area contributed by atoms with Crippen molar-refractivity contribution in [3.05, 3.63) is 41.4 Å². The lowest BCUT2D eigenvalue weighted by atomic mass is 9.99. The molecule has 1 atom stereocenters. The van der Waals surface area contributed by atoms with Crippen molar-refractivity contribution >= 4 is 33.4 Å². The summed E-state index contributed by atoms with van der Waals surface area (Å²) in [5.41, 5.74) is 1.11. The summed E-state index contributed by atoms with van der Waals surface area (Å²) in [4.78, 5) is 29.8. The highest BCUT2D eigenvalue weighted by Gasteiger charge is 2.45. The molecule has 3 rings (SSSR count). The number of nitrogens with zero attached hydrogens (tertiary/aromatic N) is 2. The number of carbonyl (C=O) groups is 2. The van der Waals surface area contributed by atoms with E-state index < -0.39 is 24.3 Å². The zero-order valence-corrected chi connectivity index (χ0v) is 14.4. The standard InChI is InChI=1S/C17H17F2N3O2S/c1-3-15(23)21-14-9-22(7-6-17(14,18)19)16(24)11-4-5-13-12(8-11)20-10(2)25-13/h3-5,8,14H,1,6-7,9H2,2H3,(H,21,23). The van der Waals surface area contributed by atoms with E-state index >= 15 is 0 Å². The second kappa shape index (κ2) is 6.51. The van der Waals surface area contributed by atoms with Gasteiger partial charge in [-0.3, -0.25) is 9.59 Å². The molecule has 0 radical (unpaired) electrons. The topological polar surface area (TPSA) is 62.3 Å². The second-order valence-corrected chi connectivity index (χ2v) is 7.18. The summed E-state index contributed by atoms with van der Waals surface area (Å²) in [7, 11) is 0. The van der Waals surface area contributed by atoms with Crippen molar-refractivity contribution in [1.29, 1.82) is 0 Å². The molecule has 1 aliphatic rings. The Morgan fingerprint density at radius 3 is 2.96 bits per heavy atom. The van der Waals surface area contributed by atoms with E-state index in [0.717, 1.165) is 15.8 Å². The number of likely N-dealkylation sites (tertiary alicyclic amines) is 1. The van der Waals surface area contributed by atoms with Crippen LogP contribution in [-0.4, -0.2) is 46.8 Å². The summed E-state index contributed by atoms with van der Waals surface area (Å²) in [5.74, 6) is -4.09. The number of piperidine rings is 1. The summed E-state index contributed by atoms with van der Waals surface area (Å²) < 4.78 is 29.0. The number of amides is 2. The van der Waals surface area contributed by atoms with Gasteiger partial charge in [-0.05, 0) is 31.2 Å². The predicted molar refractivity (Wildman–Crippen MR) is 92.0 cm³/mol. The fraction of sp³-hybridized carbons (Fsp3) is 0.353. The van der Waals surface area contributed by atoms with Crippen molar-refractivity contribution in [1.82, 2.24) is 15.2 Å². The number of thiazole rings is 1. The number of alkyl halides is 2. The van der Waals surface area contributed by atoms with Crippen LogP contribution in [0.3, 0.4) is 0 Å². The zero-order valence-electron chi connectivity index (χ0n) is 13.6. The predicted octanol–water partition coefficient (Wildman–Crippen LogP) is 2.76. The van der Waals surface area contributed by atoms with E-state index in [9.17, 15) is 18.4 Å². The first kappa shape index (κ1) is 17.5. The lowest BCUT2D eigenvalue weighted by molar-refractivity contribution is -0.124. The van der Waals surface area contributed by atoms with E-state index in [2.05, 4.69) is 16.9 Å². The van der Waals surface area contributed by atoms with Crippen LogP contribution in [-0.2, 0) is 4.79 Å². The van der Waals surface area contributed by atoms with Gasteiger partial charge in [0.25, 0.3) is 11.8 Å². The Kier molecular flexibility index (Phi) is 4.55. The molecule has 1 aliphatic heterocycles. The fourth-order valence-corrected chi connectivity index (χ4v) is 3.64. The van der Waals surface area contributed by atoms with Gasteiger partial charge in [0.2, 0.25) is 5.91 Å². The van der Waals surface area contributed by atoms with Gasteiger partial charge in [0.05, 0.1) is 15.2 Å². The molecule has 2 aromatic rings. The molecule has 1 unspecified atom stereocenters. The van der Waals surface area contributed by atoms with E-state index in [4.69, 9.17) is 0 Å². The number of aromatic nitrogens is 1. The van der Waals surface area contributed by atoms with Gasteiger partial charge < -0.3 is 10.2 Å². The van der Waals surface area contributed by atoms with Gasteiger partial charge in [0.15, 0.2) is 0 Å². The molecule has 0 bridgehead atoms. The Balaban J connectivity index is 1.80. The van der Waals surface area contributed by atoms with Crippen LogP contribution in [0, 0.1) is 6.92 Å². The Labute approximate surface area is 147 Å². The third-order valence-electron chi connectivity index (χ3n) is 4.16. The molecule has 1 aromatic heterocycles. The van der Waals surface area contributed by atoms with Gasteiger partial charge in [0, 0.05) is 25.1 Å². The number of fused-ring (bicyclic) bond motifs is 1. The van der Waals surface area contributed by atoms with Crippen LogP contribution >= 0.6 is 11.3 Å². The molecule has 8 heteroatoms. The first-order valence-corrected chi connectivity index (χ1v) is 8.59. The molecule has 0 spiro atoms. The maximum Gasteiger partial charge on any atom is 0.271 e. The third-order valence-corrected chi connectivity index (χ3v) is 5.11. The number of aryl methyl sites for hydroxylation is 1. The summed E-state index contributed by atoms with van der Waals surface area (Å²) in [6, 6.07) is 3.72. The second-order valence-electron chi connectivity index (χ2n) is 5.94. The van der Waals surface area contributed by atoms with Crippen LogP contribution in [0.2, 0.25) is 0 Å². The molecule has 2 amide bonds. The van der Waals surface area contributed by atoms with Crippen LogP contribution in [0.25, 0.3) is 10.2 Å². The summed E-state index contributed by atoms with van der Waals surface area (Å²) in [6.45, 7) is 4.82. The van der Waals surface area contributed by atoms with Crippen molar-refractivity contribution in [3.8, 4) is 0 Å². The average molecular weight is 365 g/mol. The van der Waals surface area contributed by atoms with Crippen LogP contribution in [0.4, 0.5) is 8.78 Å². The molecule has 132 valence electrons. The Bertz CT molecular complexity index is 850. The minimum absolute atomic E-state index is 0.0690. The van der Waals surface area contributed by atoms with Gasteiger partial charge in [-0.15, -0.1) is 11.3 Å². The van der Waals surface area contributed by atoms with Crippen LogP contribution < -0.4 is 5.32 Å². The molecule has 1 aromatic carbocycles. The van der Waals surface area contributed by atoms with Crippen molar-refractivity contribution < 1.29 is 18.4 Å². The Morgan fingerprint density at radius 1 is 1.48 bits per heavy atom. The third kappa shape index (κ3) is 3.53. The van der Waals surface area contributed by atoms with Gasteiger partial charge >= 0.3 is 0 Å². The maximum absolute atomic E-state index is 14.0. The summed E-state index contributed by atoms with van der Waals surface area (Å²) in [5, 5.41) is 3.11. The number of nitrogens with one attached hydrogen (secondary N) is 1. The largest absolute Gasteiger partial charge is 0.342 e. The molecule has 0 aliphatic carbocycles. The molecule has 25 heavy (non-hydrogen) atoms. The number of rotatable bonds is 3. The monoisotopic (exact) mass is 365 g/mol. The van der Waals surface area contributed by atoms with Crippen LogP contribution in [0.15, 0.2) is 30.9 Å². The van der Waals surface area contributed by atoms with Crippen molar-refractivity contribution in [2.45, 2.75) is 25.3 Å². The smallest absolute Gasteiger partial charge is 0.271 e. The van der Waals surface area contributed by atoms with Crippen LogP contribution in [0.1, 0.15) is 21.8 Å². The van der Waals surface area contributed by atoms with Crippen molar-refractivity contribution in [2.24, 2.45) is 0 Å². The van der Waals surface area contributed by atoms with Crippen LogP contribution in [0.5, 0.6) is 0 Å². The summed E-state index contributed by atoms with van der Waals surface area (Å²) >= 11 is 1.53. The normalized spacial score (nSPS) is 19.6. The SMILES string of the molecule is C=CC(=O)NC1CN(C(=O)c2ccc3sc(C)nc3c2)CCC1(F)F. The lowest BCUT2D eigenvalue weighted by Crippen LogP contribution is -2.59. The molecule has 2 heterocycles. The number of carbonyl (C=O) groups excluding carboxylic acids is 2. The zero-order chi connectivity index (χ0) is 18.2. The highest BCUT2D eigenvalue weighted by molar-refractivity contribution is 7.18. The van der Waals surface area contributed by atoms with E-state index in [-0.39, 0.29) is 19.0 Å². The Morgan fingerprint density at radius 2 is 2.24 bits per heavy atom. The highest BCUT2D eigenvalue weighted by Crippen LogP contribution is 2.30. The first-order valence-electron chi connectivity index (χ1n) is 7.77. The van der Waals surface area contributed by atoms with E-state index in [1.807, 2.05) is 13.0 Å². The maximum atomic E-state index is 14.0. The number of hydrogen-bond acceptors (Lipinski definition) is 4. The molecule has 1 saturated heterocycles.